The molecule has 3 aromatic rings. The van der Waals surface area contributed by atoms with Gasteiger partial charge in [0.1, 0.15) is 18.3 Å². The van der Waals surface area contributed by atoms with Crippen molar-refractivity contribution in [2.45, 2.75) is 71.0 Å². The summed E-state index contributed by atoms with van der Waals surface area (Å²) in [5, 5.41) is 3.58. The van der Waals surface area contributed by atoms with E-state index in [1.807, 2.05) is 34.6 Å². The molecule has 2 amide bonds. The van der Waals surface area contributed by atoms with E-state index >= 15 is 0 Å². The minimum atomic E-state index is -4.27. The van der Waals surface area contributed by atoms with E-state index in [-0.39, 0.29) is 35.2 Å². The van der Waals surface area contributed by atoms with Crippen LogP contribution in [0.15, 0.2) is 65.6 Å². The van der Waals surface area contributed by atoms with Gasteiger partial charge in [0.2, 0.25) is 11.8 Å². The molecule has 0 heterocycles. The second-order valence-corrected chi connectivity index (χ2v) is 14.1. The normalized spacial score (nSPS) is 12.4. The lowest BCUT2D eigenvalue weighted by molar-refractivity contribution is -0.141. The van der Waals surface area contributed by atoms with E-state index in [1.54, 1.807) is 55.5 Å². The molecule has 11 heteroatoms. The summed E-state index contributed by atoms with van der Waals surface area (Å²) in [6.45, 7) is 10.3. The number of carbonyl (C=O) groups is 2. The molecular weight excluding hydrogens is 609 g/mol. The molecule has 0 radical (unpaired) electrons. The van der Waals surface area contributed by atoms with Gasteiger partial charge in [0.15, 0.2) is 0 Å². The number of amides is 2. The predicted octanol–water partition coefficient (Wildman–Crippen LogP) is 6.54. The highest BCUT2D eigenvalue weighted by Gasteiger charge is 2.36. The van der Waals surface area contributed by atoms with Crippen molar-refractivity contribution in [3.8, 4) is 5.75 Å². The summed E-state index contributed by atoms with van der Waals surface area (Å²) in [5.41, 5.74) is 1.72. The molecule has 3 aromatic carbocycles. The van der Waals surface area contributed by atoms with Crippen LogP contribution in [0.1, 0.15) is 50.8 Å². The van der Waals surface area contributed by atoms with Crippen molar-refractivity contribution in [2.24, 2.45) is 0 Å². The molecule has 0 unspecified atom stereocenters. The van der Waals surface area contributed by atoms with Gasteiger partial charge in [-0.1, -0.05) is 60.0 Å². The number of methoxy groups -OCH3 is 1. The van der Waals surface area contributed by atoms with Crippen LogP contribution in [0.3, 0.4) is 0 Å². The largest absolute Gasteiger partial charge is 0.495 e. The van der Waals surface area contributed by atoms with Crippen molar-refractivity contribution < 1.29 is 22.7 Å². The van der Waals surface area contributed by atoms with Gasteiger partial charge in [-0.15, -0.1) is 0 Å². The molecular formula is C32H39Cl2N3O5S. The number of nitrogens with one attached hydrogen (secondary N) is 1. The van der Waals surface area contributed by atoms with Gasteiger partial charge < -0.3 is 15.0 Å². The van der Waals surface area contributed by atoms with Gasteiger partial charge in [-0.25, -0.2) is 8.42 Å². The number of aryl methyl sites for hydroxylation is 2. The van der Waals surface area contributed by atoms with Gasteiger partial charge >= 0.3 is 0 Å². The number of benzene rings is 3. The molecule has 1 N–H and O–H groups in total. The fourth-order valence-electron chi connectivity index (χ4n) is 4.57. The predicted molar refractivity (Wildman–Crippen MR) is 172 cm³/mol. The first-order valence-corrected chi connectivity index (χ1v) is 16.1. The third-order valence-corrected chi connectivity index (χ3v) is 9.25. The number of carbonyl (C=O) groups excluding carboxylic acids is 2. The summed E-state index contributed by atoms with van der Waals surface area (Å²) >= 11 is 13.0. The lowest BCUT2D eigenvalue weighted by Crippen LogP contribution is -2.55. The Balaban J connectivity index is 2.18. The minimum absolute atomic E-state index is 0.00711. The zero-order valence-electron chi connectivity index (χ0n) is 25.6. The SMILES string of the molecule is CC[C@H](C(=O)NC(C)(C)C)N(Cc1c(Cl)cccc1Cl)C(=O)CN(c1cc(C)ccc1OC)S(=O)(=O)c1ccc(C)cc1. The molecule has 232 valence electrons. The van der Waals surface area contributed by atoms with Crippen LogP contribution in [0.4, 0.5) is 5.69 Å². The number of rotatable bonds is 11. The first-order valence-electron chi connectivity index (χ1n) is 13.9. The van der Waals surface area contributed by atoms with Crippen LogP contribution in [0.5, 0.6) is 5.75 Å². The monoisotopic (exact) mass is 647 g/mol. The third-order valence-electron chi connectivity index (χ3n) is 6.77. The summed E-state index contributed by atoms with van der Waals surface area (Å²) in [7, 11) is -2.83. The van der Waals surface area contributed by atoms with E-state index in [4.69, 9.17) is 27.9 Å². The number of hydrogen-bond acceptors (Lipinski definition) is 5. The van der Waals surface area contributed by atoms with Gasteiger partial charge in [-0.3, -0.25) is 13.9 Å². The Kier molecular flexibility index (Phi) is 11.2. The minimum Gasteiger partial charge on any atom is -0.495 e. The summed E-state index contributed by atoms with van der Waals surface area (Å²) in [4.78, 5) is 29.2. The van der Waals surface area contributed by atoms with Crippen molar-refractivity contribution in [2.75, 3.05) is 18.0 Å². The maximum Gasteiger partial charge on any atom is 0.264 e. The van der Waals surface area contributed by atoms with Crippen LogP contribution >= 0.6 is 23.2 Å². The van der Waals surface area contributed by atoms with E-state index < -0.39 is 34.1 Å². The highest BCUT2D eigenvalue weighted by Crippen LogP contribution is 2.34. The molecule has 0 bridgehead atoms. The van der Waals surface area contributed by atoms with Crippen LogP contribution in [0, 0.1) is 13.8 Å². The molecule has 0 saturated heterocycles. The second-order valence-electron chi connectivity index (χ2n) is 11.4. The van der Waals surface area contributed by atoms with E-state index in [0.29, 0.717) is 15.6 Å². The molecule has 0 fully saturated rings. The Morgan fingerprint density at radius 1 is 0.953 bits per heavy atom. The maximum atomic E-state index is 14.4. The zero-order chi connectivity index (χ0) is 32.1. The molecule has 3 rings (SSSR count). The topological polar surface area (TPSA) is 96.0 Å². The number of halogens is 2. The van der Waals surface area contributed by atoms with Gasteiger partial charge in [0, 0.05) is 27.7 Å². The number of ether oxygens (including phenoxy) is 1. The van der Waals surface area contributed by atoms with Crippen LogP contribution in [-0.2, 0) is 26.2 Å². The summed E-state index contributed by atoms with van der Waals surface area (Å²) in [5.74, 6) is -0.731. The average molecular weight is 649 g/mol. The number of sulfonamides is 1. The lowest BCUT2D eigenvalue weighted by atomic mass is 10.1. The highest BCUT2D eigenvalue weighted by atomic mass is 35.5. The van der Waals surface area contributed by atoms with Crippen molar-refractivity contribution in [3.05, 3.63) is 87.4 Å². The third kappa shape index (κ3) is 8.43. The van der Waals surface area contributed by atoms with Gasteiger partial charge in [0.25, 0.3) is 10.0 Å². The highest BCUT2D eigenvalue weighted by molar-refractivity contribution is 7.92. The van der Waals surface area contributed by atoms with Crippen molar-refractivity contribution in [1.29, 1.82) is 0 Å². The molecule has 0 saturated carbocycles. The Bertz CT molecular complexity index is 1550. The van der Waals surface area contributed by atoms with Crippen molar-refractivity contribution in [1.82, 2.24) is 10.2 Å². The molecule has 8 nitrogen and oxygen atoms in total. The zero-order valence-corrected chi connectivity index (χ0v) is 27.9. The van der Waals surface area contributed by atoms with Gasteiger partial charge in [-0.05, 0) is 83.0 Å². The first-order chi connectivity index (χ1) is 20.1. The summed E-state index contributed by atoms with van der Waals surface area (Å²) < 4.78 is 34.9. The Labute approximate surface area is 265 Å². The van der Waals surface area contributed by atoms with Crippen LogP contribution in [-0.4, -0.2) is 50.4 Å². The van der Waals surface area contributed by atoms with E-state index in [1.165, 1.54) is 24.1 Å². The molecule has 1 atom stereocenters. The van der Waals surface area contributed by atoms with Gasteiger partial charge in [-0.2, -0.15) is 0 Å². The molecule has 0 aliphatic heterocycles. The molecule has 0 aromatic heterocycles. The van der Waals surface area contributed by atoms with Gasteiger partial charge in [0.05, 0.1) is 17.7 Å². The van der Waals surface area contributed by atoms with Crippen LogP contribution in [0.2, 0.25) is 10.0 Å². The lowest BCUT2D eigenvalue weighted by Gasteiger charge is -2.35. The standard InChI is InChI=1S/C32H39Cl2N3O5S/c1-8-27(31(39)35-32(4,5)6)36(19-24-25(33)10-9-11-26(24)34)30(38)20-37(28-18-22(3)14-17-29(28)42-7)43(40,41)23-15-12-21(2)13-16-23/h9-18,27H,8,19-20H2,1-7H3,(H,35,39)/t27-/m1/s1. The molecule has 0 aliphatic rings. The van der Waals surface area contributed by atoms with Crippen molar-refractivity contribution in [3.63, 3.8) is 0 Å². The van der Waals surface area contributed by atoms with Crippen LogP contribution in [0.25, 0.3) is 0 Å². The van der Waals surface area contributed by atoms with E-state index in [0.717, 1.165) is 15.4 Å². The van der Waals surface area contributed by atoms with E-state index in [2.05, 4.69) is 5.32 Å². The number of hydrogen-bond donors (Lipinski definition) is 1. The summed E-state index contributed by atoms with van der Waals surface area (Å²) in [6, 6.07) is 15.5. The molecule has 0 spiro atoms. The fraction of sp³-hybridized carbons (Fsp3) is 0.375. The molecule has 43 heavy (non-hydrogen) atoms. The average Bonchev–Trinajstić information content (AvgIpc) is 2.92. The Hall–Kier alpha value is -3.27. The smallest absolute Gasteiger partial charge is 0.264 e. The maximum absolute atomic E-state index is 14.4. The van der Waals surface area contributed by atoms with Crippen molar-refractivity contribution >= 4 is 50.7 Å². The Morgan fingerprint density at radius 2 is 1.53 bits per heavy atom. The fourth-order valence-corrected chi connectivity index (χ4v) is 6.51. The summed E-state index contributed by atoms with van der Waals surface area (Å²) in [6.07, 6.45) is 0.258. The number of anilines is 1. The second kappa shape index (κ2) is 14.0. The van der Waals surface area contributed by atoms with E-state index in [9.17, 15) is 18.0 Å². The number of nitrogens with zero attached hydrogens (tertiary/aromatic N) is 2. The Morgan fingerprint density at radius 3 is 2.07 bits per heavy atom. The first kappa shape index (κ1) is 34.2. The molecule has 0 aliphatic carbocycles. The quantitative estimate of drug-likeness (QED) is 0.255. The van der Waals surface area contributed by atoms with Crippen LogP contribution < -0.4 is 14.4 Å².